The average Bonchev–Trinajstić information content (AvgIpc) is 2.39. The molecule has 0 spiro atoms. The van der Waals surface area contributed by atoms with Crippen LogP contribution in [-0.4, -0.2) is 28.9 Å². The summed E-state index contributed by atoms with van der Waals surface area (Å²) in [4.78, 5) is 7.00. The van der Waals surface area contributed by atoms with Crippen LogP contribution in [0.1, 0.15) is 24.6 Å². The van der Waals surface area contributed by atoms with E-state index in [2.05, 4.69) is 48.0 Å². The molecule has 0 saturated heterocycles. The number of fused-ring (bicyclic) bond motifs is 1. The molecular weight excluding hydrogens is 256 g/mol. The summed E-state index contributed by atoms with van der Waals surface area (Å²) in [7, 11) is 0. The minimum Gasteiger partial charge on any atom is -0.298 e. The summed E-state index contributed by atoms with van der Waals surface area (Å²) >= 11 is 5.89. The highest BCUT2D eigenvalue weighted by Gasteiger charge is 2.08. The second-order valence-corrected chi connectivity index (χ2v) is 5.28. The molecule has 0 amide bonds. The van der Waals surface area contributed by atoms with Crippen molar-refractivity contribution in [2.24, 2.45) is 0 Å². The standard InChI is InChI=1S/C16H21ClN2/c1-3-9-19(10-8-17)12-14-11-13(2)18-16-7-5-4-6-15(14)16/h4-7,11H,3,8-10,12H2,1-2H3. The van der Waals surface area contributed by atoms with Crippen LogP contribution >= 0.6 is 11.6 Å². The molecular formula is C16H21ClN2. The van der Waals surface area contributed by atoms with Gasteiger partial charge in [-0.1, -0.05) is 25.1 Å². The van der Waals surface area contributed by atoms with E-state index in [9.17, 15) is 0 Å². The Kier molecular flexibility index (Phi) is 5.17. The lowest BCUT2D eigenvalue weighted by atomic mass is 10.1. The van der Waals surface area contributed by atoms with Crippen molar-refractivity contribution >= 4 is 22.5 Å². The van der Waals surface area contributed by atoms with E-state index in [1.54, 1.807) is 0 Å². The van der Waals surface area contributed by atoms with Crippen LogP contribution in [0.4, 0.5) is 0 Å². The number of hydrogen-bond donors (Lipinski definition) is 0. The summed E-state index contributed by atoms with van der Waals surface area (Å²) < 4.78 is 0. The van der Waals surface area contributed by atoms with Gasteiger partial charge >= 0.3 is 0 Å². The number of nitrogens with zero attached hydrogens (tertiary/aromatic N) is 2. The molecule has 102 valence electrons. The normalized spacial score (nSPS) is 11.4. The van der Waals surface area contributed by atoms with E-state index in [-0.39, 0.29) is 0 Å². The van der Waals surface area contributed by atoms with Gasteiger partial charge in [-0.2, -0.15) is 0 Å². The Labute approximate surface area is 120 Å². The Bertz CT molecular complexity index is 533. The monoisotopic (exact) mass is 276 g/mol. The maximum atomic E-state index is 5.89. The molecule has 2 nitrogen and oxygen atoms in total. The number of rotatable bonds is 6. The van der Waals surface area contributed by atoms with Crippen LogP contribution in [0, 0.1) is 6.92 Å². The molecule has 0 fully saturated rings. The van der Waals surface area contributed by atoms with Crippen molar-refractivity contribution in [1.29, 1.82) is 0 Å². The fourth-order valence-corrected chi connectivity index (χ4v) is 2.71. The van der Waals surface area contributed by atoms with Gasteiger partial charge in [-0.05, 0) is 37.6 Å². The SMILES string of the molecule is CCCN(CCCl)Cc1cc(C)nc2ccccc12. The van der Waals surface area contributed by atoms with Gasteiger partial charge in [0, 0.05) is 30.0 Å². The molecule has 0 aliphatic heterocycles. The maximum absolute atomic E-state index is 5.89. The molecule has 2 rings (SSSR count). The lowest BCUT2D eigenvalue weighted by Gasteiger charge is -2.21. The minimum absolute atomic E-state index is 0.683. The lowest BCUT2D eigenvalue weighted by molar-refractivity contribution is 0.283. The molecule has 0 bridgehead atoms. The largest absolute Gasteiger partial charge is 0.298 e. The predicted molar refractivity (Wildman–Crippen MR) is 82.8 cm³/mol. The van der Waals surface area contributed by atoms with Crippen molar-refractivity contribution in [3.05, 3.63) is 41.6 Å². The van der Waals surface area contributed by atoms with E-state index < -0.39 is 0 Å². The number of aromatic nitrogens is 1. The van der Waals surface area contributed by atoms with Gasteiger partial charge in [0.1, 0.15) is 0 Å². The predicted octanol–water partition coefficient (Wildman–Crippen LogP) is 3.99. The van der Waals surface area contributed by atoms with Crippen LogP contribution in [0.15, 0.2) is 30.3 Å². The third kappa shape index (κ3) is 3.68. The van der Waals surface area contributed by atoms with E-state index >= 15 is 0 Å². The van der Waals surface area contributed by atoms with Crippen LogP contribution in [0.25, 0.3) is 10.9 Å². The first kappa shape index (κ1) is 14.3. The molecule has 19 heavy (non-hydrogen) atoms. The van der Waals surface area contributed by atoms with E-state index in [0.29, 0.717) is 5.88 Å². The highest BCUT2D eigenvalue weighted by atomic mass is 35.5. The van der Waals surface area contributed by atoms with Gasteiger partial charge < -0.3 is 0 Å². The zero-order valence-corrected chi connectivity index (χ0v) is 12.5. The second kappa shape index (κ2) is 6.88. The number of alkyl halides is 1. The molecule has 3 heteroatoms. The number of halogens is 1. The molecule has 1 aromatic carbocycles. The highest BCUT2D eigenvalue weighted by Crippen LogP contribution is 2.19. The van der Waals surface area contributed by atoms with Crippen molar-refractivity contribution in [3.63, 3.8) is 0 Å². The van der Waals surface area contributed by atoms with Crippen LogP contribution < -0.4 is 0 Å². The van der Waals surface area contributed by atoms with Crippen LogP contribution in [0.3, 0.4) is 0 Å². The van der Waals surface area contributed by atoms with Crippen molar-refractivity contribution in [2.75, 3.05) is 19.0 Å². The average molecular weight is 277 g/mol. The topological polar surface area (TPSA) is 16.1 Å². The van der Waals surface area contributed by atoms with Crippen LogP contribution in [0.5, 0.6) is 0 Å². The van der Waals surface area contributed by atoms with E-state index in [1.807, 2.05) is 6.07 Å². The van der Waals surface area contributed by atoms with Crippen LogP contribution in [0.2, 0.25) is 0 Å². The van der Waals surface area contributed by atoms with E-state index in [1.165, 1.54) is 10.9 Å². The number of hydrogen-bond acceptors (Lipinski definition) is 2. The summed E-state index contributed by atoms with van der Waals surface area (Å²) in [5.41, 5.74) is 3.51. The van der Waals surface area contributed by atoms with E-state index in [0.717, 1.165) is 37.3 Å². The van der Waals surface area contributed by atoms with Crippen molar-refractivity contribution in [3.8, 4) is 0 Å². The first-order chi connectivity index (χ1) is 9.24. The van der Waals surface area contributed by atoms with Crippen molar-refractivity contribution in [1.82, 2.24) is 9.88 Å². The Morgan fingerprint density at radius 1 is 1.21 bits per heavy atom. The Morgan fingerprint density at radius 2 is 2.00 bits per heavy atom. The Balaban J connectivity index is 2.32. The second-order valence-electron chi connectivity index (χ2n) is 4.91. The first-order valence-corrected chi connectivity index (χ1v) is 7.41. The Hall–Kier alpha value is -1.12. The molecule has 0 radical (unpaired) electrons. The van der Waals surface area contributed by atoms with Gasteiger partial charge in [0.05, 0.1) is 5.52 Å². The van der Waals surface area contributed by atoms with E-state index in [4.69, 9.17) is 11.6 Å². The number of para-hydroxylation sites is 1. The summed E-state index contributed by atoms with van der Waals surface area (Å²) in [6, 6.07) is 10.5. The van der Waals surface area contributed by atoms with Crippen LogP contribution in [-0.2, 0) is 6.54 Å². The molecule has 1 aromatic heterocycles. The molecule has 0 atom stereocenters. The number of benzene rings is 1. The molecule has 0 saturated carbocycles. The third-order valence-electron chi connectivity index (χ3n) is 3.26. The van der Waals surface area contributed by atoms with Gasteiger partial charge in [-0.15, -0.1) is 11.6 Å². The fraction of sp³-hybridized carbons (Fsp3) is 0.438. The number of pyridine rings is 1. The quantitative estimate of drug-likeness (QED) is 0.742. The molecule has 1 heterocycles. The van der Waals surface area contributed by atoms with Crippen molar-refractivity contribution < 1.29 is 0 Å². The molecule has 0 unspecified atom stereocenters. The fourth-order valence-electron chi connectivity index (χ4n) is 2.47. The molecule has 0 aliphatic rings. The van der Waals surface area contributed by atoms with Crippen molar-refractivity contribution in [2.45, 2.75) is 26.8 Å². The zero-order valence-electron chi connectivity index (χ0n) is 11.7. The summed E-state index contributed by atoms with van der Waals surface area (Å²) in [6.45, 7) is 7.23. The Morgan fingerprint density at radius 3 is 2.74 bits per heavy atom. The summed E-state index contributed by atoms with van der Waals surface area (Å²) in [5, 5.41) is 1.25. The third-order valence-corrected chi connectivity index (χ3v) is 3.43. The molecule has 2 aromatic rings. The zero-order chi connectivity index (χ0) is 13.7. The maximum Gasteiger partial charge on any atom is 0.0708 e. The minimum atomic E-state index is 0.683. The van der Waals surface area contributed by atoms with Gasteiger partial charge in [0.2, 0.25) is 0 Å². The highest BCUT2D eigenvalue weighted by molar-refractivity contribution is 6.18. The number of aryl methyl sites for hydroxylation is 1. The lowest BCUT2D eigenvalue weighted by Crippen LogP contribution is -2.26. The van der Waals surface area contributed by atoms with Gasteiger partial charge in [-0.3, -0.25) is 9.88 Å². The van der Waals surface area contributed by atoms with Gasteiger partial charge in [-0.25, -0.2) is 0 Å². The first-order valence-electron chi connectivity index (χ1n) is 6.88. The summed E-state index contributed by atoms with van der Waals surface area (Å²) in [5.74, 6) is 0.683. The molecule has 0 N–H and O–H groups in total. The molecule has 0 aliphatic carbocycles. The summed E-state index contributed by atoms with van der Waals surface area (Å²) in [6.07, 6.45) is 1.15. The van der Waals surface area contributed by atoms with Gasteiger partial charge in [0.15, 0.2) is 0 Å². The van der Waals surface area contributed by atoms with Gasteiger partial charge in [0.25, 0.3) is 0 Å². The smallest absolute Gasteiger partial charge is 0.0708 e.